The van der Waals surface area contributed by atoms with Gasteiger partial charge in [0.1, 0.15) is 4.90 Å². The fraction of sp³-hybridized carbons (Fsp3) is 0.500. The van der Waals surface area contributed by atoms with Crippen LogP contribution in [0, 0.1) is 6.92 Å². The summed E-state index contributed by atoms with van der Waals surface area (Å²) in [6, 6.07) is -0.744. The van der Waals surface area contributed by atoms with Gasteiger partial charge >= 0.3 is 6.03 Å². The third kappa shape index (κ3) is 3.46. The van der Waals surface area contributed by atoms with Gasteiger partial charge in [-0.3, -0.25) is 9.52 Å². The zero-order valence-electron chi connectivity index (χ0n) is 18.3. The van der Waals surface area contributed by atoms with Crippen molar-refractivity contribution in [3.8, 4) is 5.88 Å². The molecule has 3 amide bonds. The molecule has 2 aromatic rings. The first-order valence-electron chi connectivity index (χ1n) is 11.1. The van der Waals surface area contributed by atoms with Gasteiger partial charge in [0, 0.05) is 25.6 Å². The Kier molecular flexibility index (Phi) is 5.19. The molecule has 10 heteroatoms. The monoisotopic (exact) mass is 457 g/mol. The number of rotatable bonds is 3. The van der Waals surface area contributed by atoms with Gasteiger partial charge in [0.25, 0.3) is 0 Å². The molecule has 0 saturated carbocycles. The number of fused-ring (bicyclic) bond motifs is 3. The van der Waals surface area contributed by atoms with Crippen molar-refractivity contribution in [3.05, 3.63) is 34.0 Å². The van der Waals surface area contributed by atoms with E-state index in [1.807, 2.05) is 0 Å². The molecule has 1 unspecified atom stereocenters. The highest BCUT2D eigenvalue weighted by Gasteiger charge is 2.30. The van der Waals surface area contributed by atoms with Crippen molar-refractivity contribution in [2.75, 3.05) is 11.9 Å². The van der Waals surface area contributed by atoms with E-state index in [2.05, 4.69) is 26.4 Å². The predicted molar refractivity (Wildman–Crippen MR) is 119 cm³/mol. The van der Waals surface area contributed by atoms with Crippen LogP contribution >= 0.6 is 0 Å². The minimum atomic E-state index is -3.62. The van der Waals surface area contributed by atoms with Crippen LogP contribution in [0.15, 0.2) is 15.5 Å². The first kappa shape index (κ1) is 21.0. The van der Waals surface area contributed by atoms with Crippen LogP contribution in [0.5, 0.6) is 5.88 Å². The standard InChI is InChI=1S/C22H27N5O4S/c1-13-15-6-3-8-17(15)20(18-9-4-7-16(13)18)24-22(29)26-32(30,25-14(2)28)19-12-23-27-10-5-11-31-21(19)27/h12H,3-11H2,1-2H3,(H2,24,25,26,28,29,30). The number of urea groups is 1. The highest BCUT2D eigenvalue weighted by molar-refractivity contribution is 7.92. The van der Waals surface area contributed by atoms with Crippen LogP contribution < -0.4 is 14.8 Å². The van der Waals surface area contributed by atoms with Gasteiger partial charge < -0.3 is 10.1 Å². The molecule has 2 aliphatic carbocycles. The lowest BCUT2D eigenvalue weighted by atomic mass is 9.93. The normalized spacial score (nSPS) is 18.1. The van der Waals surface area contributed by atoms with Crippen LogP contribution in [-0.2, 0) is 46.9 Å². The molecule has 0 fully saturated rings. The van der Waals surface area contributed by atoms with Crippen molar-refractivity contribution in [2.24, 2.45) is 4.36 Å². The third-order valence-corrected chi connectivity index (χ3v) is 8.34. The number of amides is 3. The van der Waals surface area contributed by atoms with Gasteiger partial charge in [-0.1, -0.05) is 0 Å². The summed E-state index contributed by atoms with van der Waals surface area (Å²) in [6.45, 7) is 4.47. The van der Waals surface area contributed by atoms with E-state index in [1.165, 1.54) is 40.9 Å². The lowest BCUT2D eigenvalue weighted by Gasteiger charge is -2.19. The first-order valence-corrected chi connectivity index (χ1v) is 12.6. The molecule has 170 valence electrons. The molecular formula is C22H27N5O4S. The number of nitrogens with one attached hydrogen (secondary N) is 2. The van der Waals surface area contributed by atoms with Gasteiger partial charge in [0.2, 0.25) is 11.8 Å². The summed E-state index contributed by atoms with van der Waals surface area (Å²) in [4.78, 5) is 25.1. The topological polar surface area (TPSA) is 115 Å². The molecule has 0 saturated heterocycles. The van der Waals surface area contributed by atoms with E-state index in [1.54, 1.807) is 4.68 Å². The van der Waals surface area contributed by atoms with E-state index >= 15 is 0 Å². The summed E-state index contributed by atoms with van der Waals surface area (Å²) < 4.78 is 27.3. The van der Waals surface area contributed by atoms with Gasteiger partial charge in [-0.2, -0.15) is 5.10 Å². The predicted octanol–water partition coefficient (Wildman–Crippen LogP) is 3.06. The van der Waals surface area contributed by atoms with Gasteiger partial charge in [-0.25, -0.2) is 13.7 Å². The molecule has 9 nitrogen and oxygen atoms in total. The quantitative estimate of drug-likeness (QED) is 0.735. The summed E-state index contributed by atoms with van der Waals surface area (Å²) in [5.74, 6) is -0.275. The molecular weight excluding hydrogens is 430 g/mol. The van der Waals surface area contributed by atoms with E-state index in [0.717, 1.165) is 50.6 Å². The molecule has 0 spiro atoms. The summed E-state index contributed by atoms with van der Waals surface area (Å²) >= 11 is 0. The summed E-state index contributed by atoms with van der Waals surface area (Å²) in [5, 5.41) is 7.13. The van der Waals surface area contributed by atoms with Gasteiger partial charge in [-0.05, 0) is 73.3 Å². The molecule has 5 rings (SSSR count). The number of hydrogen-bond donors (Lipinski definition) is 2. The van der Waals surface area contributed by atoms with Crippen LogP contribution in [-0.4, -0.2) is 32.5 Å². The molecule has 1 aromatic heterocycles. The molecule has 0 radical (unpaired) electrons. The lowest BCUT2D eigenvalue weighted by Crippen LogP contribution is -2.30. The van der Waals surface area contributed by atoms with Gasteiger partial charge in [0.15, 0.2) is 9.92 Å². The summed E-state index contributed by atoms with van der Waals surface area (Å²) in [6.07, 6.45) is 8.08. The second-order valence-electron chi connectivity index (χ2n) is 8.57. The smallest absolute Gasteiger partial charge is 0.355 e. The number of hydrogen-bond acceptors (Lipinski definition) is 5. The van der Waals surface area contributed by atoms with E-state index in [0.29, 0.717) is 13.2 Å². The van der Waals surface area contributed by atoms with Gasteiger partial charge in [0.05, 0.1) is 12.8 Å². The zero-order chi connectivity index (χ0) is 22.5. The lowest BCUT2D eigenvalue weighted by molar-refractivity contribution is -0.117. The van der Waals surface area contributed by atoms with Crippen LogP contribution in [0.25, 0.3) is 0 Å². The van der Waals surface area contributed by atoms with E-state index in [-0.39, 0.29) is 10.8 Å². The van der Waals surface area contributed by atoms with E-state index in [4.69, 9.17) is 4.74 Å². The van der Waals surface area contributed by atoms with Crippen molar-refractivity contribution in [3.63, 3.8) is 0 Å². The largest absolute Gasteiger partial charge is 0.477 e. The number of aryl methyl sites for hydroxylation is 1. The second-order valence-corrected chi connectivity index (χ2v) is 10.4. The Morgan fingerprint density at radius 2 is 1.75 bits per heavy atom. The van der Waals surface area contributed by atoms with Crippen molar-refractivity contribution in [1.29, 1.82) is 0 Å². The summed E-state index contributed by atoms with van der Waals surface area (Å²) in [5.41, 5.74) is 7.16. The highest BCUT2D eigenvalue weighted by Crippen LogP contribution is 2.41. The number of benzene rings is 1. The minimum absolute atomic E-state index is 0.113. The maximum atomic E-state index is 13.8. The van der Waals surface area contributed by atoms with Crippen molar-refractivity contribution >= 4 is 27.5 Å². The number of anilines is 1. The van der Waals surface area contributed by atoms with Crippen molar-refractivity contribution in [2.45, 2.75) is 70.2 Å². The van der Waals surface area contributed by atoms with Crippen LogP contribution in [0.4, 0.5) is 10.5 Å². The molecule has 2 N–H and O–H groups in total. The molecule has 3 aliphatic rings. The molecule has 32 heavy (non-hydrogen) atoms. The fourth-order valence-corrected chi connectivity index (χ4v) is 6.70. The first-order chi connectivity index (χ1) is 15.4. The van der Waals surface area contributed by atoms with Crippen LogP contribution in [0.1, 0.15) is 54.0 Å². The number of carbonyl (C=O) groups is 2. The third-order valence-electron chi connectivity index (χ3n) is 6.48. The van der Waals surface area contributed by atoms with E-state index < -0.39 is 21.9 Å². The maximum Gasteiger partial charge on any atom is 0.355 e. The Balaban J connectivity index is 1.56. The van der Waals surface area contributed by atoms with Crippen molar-refractivity contribution < 1.29 is 18.5 Å². The van der Waals surface area contributed by atoms with Crippen molar-refractivity contribution in [1.82, 2.24) is 14.5 Å². The number of aromatic nitrogens is 2. The molecule has 1 aliphatic heterocycles. The number of carbonyl (C=O) groups excluding carboxylic acids is 2. The average molecular weight is 458 g/mol. The molecule has 2 heterocycles. The highest BCUT2D eigenvalue weighted by atomic mass is 32.2. The zero-order valence-corrected chi connectivity index (χ0v) is 19.1. The SMILES string of the molecule is CC(=O)NS(=O)(=NC(=O)Nc1c2c(c(C)c3c1CCC3)CCC2)c1cnn2c1OCCC2. The summed E-state index contributed by atoms with van der Waals surface area (Å²) in [7, 11) is -3.62. The van der Waals surface area contributed by atoms with Crippen LogP contribution in [0.2, 0.25) is 0 Å². The fourth-order valence-electron chi connectivity index (χ4n) is 5.19. The Morgan fingerprint density at radius 1 is 1.09 bits per heavy atom. The molecule has 0 bridgehead atoms. The van der Waals surface area contributed by atoms with Gasteiger partial charge in [-0.15, -0.1) is 4.36 Å². The Morgan fingerprint density at radius 3 is 2.41 bits per heavy atom. The number of nitrogens with zero attached hydrogens (tertiary/aromatic N) is 3. The molecule has 1 aromatic carbocycles. The average Bonchev–Trinajstić information content (AvgIpc) is 3.49. The Bertz CT molecular complexity index is 1220. The molecule has 1 atom stereocenters. The maximum absolute atomic E-state index is 13.8. The minimum Gasteiger partial charge on any atom is -0.477 e. The van der Waals surface area contributed by atoms with Crippen LogP contribution in [0.3, 0.4) is 0 Å². The second kappa shape index (κ2) is 7.91. The van der Waals surface area contributed by atoms with E-state index in [9.17, 15) is 13.8 Å². The number of ether oxygens (including phenoxy) is 1. The Labute approximate surface area is 187 Å². The Hall–Kier alpha value is -2.88.